The standard InChI is InChI=1S/C15H17N5/c1-3-20(4-2)14-7-5-12(6-8-14)19-15-11-17-13(9-16)10-18-15/h5-8,10-11H,3-4H2,1-2H3,(H,18,19). The number of benzene rings is 1. The number of rotatable bonds is 5. The fraction of sp³-hybridized carbons (Fsp3) is 0.267. The third kappa shape index (κ3) is 3.23. The first kappa shape index (κ1) is 13.8. The van der Waals surface area contributed by atoms with Gasteiger partial charge in [0.2, 0.25) is 0 Å². The summed E-state index contributed by atoms with van der Waals surface area (Å²) in [6.45, 7) is 6.26. The molecule has 20 heavy (non-hydrogen) atoms. The van der Waals surface area contributed by atoms with Crippen molar-refractivity contribution in [1.29, 1.82) is 5.26 Å². The van der Waals surface area contributed by atoms with E-state index in [1.54, 1.807) is 6.20 Å². The molecule has 102 valence electrons. The van der Waals surface area contributed by atoms with Gasteiger partial charge in [0.1, 0.15) is 11.9 Å². The summed E-state index contributed by atoms with van der Waals surface area (Å²) in [5.41, 5.74) is 2.46. The van der Waals surface area contributed by atoms with E-state index in [2.05, 4.69) is 46.2 Å². The van der Waals surface area contributed by atoms with Crippen LogP contribution in [0.1, 0.15) is 19.5 Å². The lowest BCUT2D eigenvalue weighted by molar-refractivity contribution is 0.866. The lowest BCUT2D eigenvalue weighted by atomic mass is 10.2. The van der Waals surface area contributed by atoms with E-state index in [-0.39, 0.29) is 0 Å². The largest absolute Gasteiger partial charge is 0.372 e. The fourth-order valence-electron chi connectivity index (χ4n) is 1.94. The number of anilines is 3. The van der Waals surface area contributed by atoms with Crippen molar-refractivity contribution in [3.05, 3.63) is 42.4 Å². The molecule has 1 heterocycles. The maximum atomic E-state index is 8.67. The molecule has 5 heteroatoms. The number of nitrogens with one attached hydrogen (secondary N) is 1. The number of nitriles is 1. The van der Waals surface area contributed by atoms with Crippen LogP contribution in [0.5, 0.6) is 0 Å². The summed E-state index contributed by atoms with van der Waals surface area (Å²) in [5.74, 6) is 0.625. The molecule has 0 spiro atoms. The molecule has 0 fully saturated rings. The summed E-state index contributed by atoms with van der Waals surface area (Å²) in [6, 6.07) is 10.1. The molecule has 5 nitrogen and oxygen atoms in total. The maximum Gasteiger partial charge on any atom is 0.158 e. The molecule has 0 saturated carbocycles. The van der Waals surface area contributed by atoms with Crippen LogP contribution in [0.3, 0.4) is 0 Å². The van der Waals surface area contributed by atoms with Crippen LogP contribution < -0.4 is 10.2 Å². The summed E-state index contributed by atoms with van der Waals surface area (Å²) >= 11 is 0. The maximum absolute atomic E-state index is 8.67. The zero-order valence-electron chi connectivity index (χ0n) is 11.7. The second-order valence-corrected chi connectivity index (χ2v) is 4.24. The molecule has 1 aromatic carbocycles. The Kier molecular flexibility index (Phi) is 4.51. The Morgan fingerprint density at radius 2 is 1.80 bits per heavy atom. The van der Waals surface area contributed by atoms with Crippen molar-refractivity contribution < 1.29 is 0 Å². The molecule has 0 amide bonds. The van der Waals surface area contributed by atoms with Gasteiger partial charge in [-0.1, -0.05) is 0 Å². The topological polar surface area (TPSA) is 64.8 Å². The van der Waals surface area contributed by atoms with Crippen LogP contribution in [0.25, 0.3) is 0 Å². The highest BCUT2D eigenvalue weighted by Crippen LogP contribution is 2.19. The van der Waals surface area contributed by atoms with Crippen molar-refractivity contribution in [3.63, 3.8) is 0 Å². The summed E-state index contributed by atoms with van der Waals surface area (Å²) in [7, 11) is 0. The van der Waals surface area contributed by atoms with Crippen LogP contribution >= 0.6 is 0 Å². The van der Waals surface area contributed by atoms with E-state index in [9.17, 15) is 0 Å². The van der Waals surface area contributed by atoms with Gasteiger partial charge in [-0.15, -0.1) is 0 Å². The molecular weight excluding hydrogens is 250 g/mol. The van der Waals surface area contributed by atoms with Crippen LogP contribution in [-0.4, -0.2) is 23.1 Å². The highest BCUT2D eigenvalue weighted by molar-refractivity contribution is 5.60. The van der Waals surface area contributed by atoms with Crippen molar-refractivity contribution in [2.75, 3.05) is 23.3 Å². The molecule has 0 atom stereocenters. The van der Waals surface area contributed by atoms with E-state index >= 15 is 0 Å². The van der Waals surface area contributed by atoms with Gasteiger partial charge in [0.25, 0.3) is 0 Å². The predicted molar refractivity (Wildman–Crippen MR) is 80.0 cm³/mol. The first-order valence-electron chi connectivity index (χ1n) is 6.61. The van der Waals surface area contributed by atoms with E-state index < -0.39 is 0 Å². The van der Waals surface area contributed by atoms with Gasteiger partial charge < -0.3 is 10.2 Å². The van der Waals surface area contributed by atoms with Gasteiger partial charge >= 0.3 is 0 Å². The Bertz CT molecular complexity index is 579. The lowest BCUT2D eigenvalue weighted by Gasteiger charge is -2.21. The molecule has 1 aromatic heterocycles. The highest BCUT2D eigenvalue weighted by Gasteiger charge is 2.02. The smallest absolute Gasteiger partial charge is 0.158 e. The van der Waals surface area contributed by atoms with Gasteiger partial charge in [0.15, 0.2) is 5.69 Å². The molecule has 0 bridgehead atoms. The Balaban J connectivity index is 2.08. The second kappa shape index (κ2) is 6.53. The Morgan fingerprint density at radius 1 is 1.10 bits per heavy atom. The van der Waals surface area contributed by atoms with Gasteiger partial charge in [-0.25, -0.2) is 9.97 Å². The minimum Gasteiger partial charge on any atom is -0.372 e. The Hall–Kier alpha value is -2.61. The van der Waals surface area contributed by atoms with E-state index in [0.717, 1.165) is 18.8 Å². The van der Waals surface area contributed by atoms with Crippen molar-refractivity contribution >= 4 is 17.2 Å². The van der Waals surface area contributed by atoms with Gasteiger partial charge in [-0.2, -0.15) is 5.26 Å². The van der Waals surface area contributed by atoms with Gasteiger partial charge in [-0.05, 0) is 38.1 Å². The van der Waals surface area contributed by atoms with Gasteiger partial charge in [0, 0.05) is 24.5 Å². The van der Waals surface area contributed by atoms with Crippen molar-refractivity contribution in [2.24, 2.45) is 0 Å². The van der Waals surface area contributed by atoms with Crippen LogP contribution in [0.15, 0.2) is 36.7 Å². The van der Waals surface area contributed by atoms with Crippen molar-refractivity contribution in [2.45, 2.75) is 13.8 Å². The molecule has 2 aromatic rings. The Morgan fingerprint density at radius 3 is 2.30 bits per heavy atom. The van der Waals surface area contributed by atoms with E-state index in [0.29, 0.717) is 11.5 Å². The number of hydrogen-bond acceptors (Lipinski definition) is 5. The Labute approximate surface area is 118 Å². The molecule has 0 aliphatic heterocycles. The van der Waals surface area contributed by atoms with Crippen molar-refractivity contribution in [1.82, 2.24) is 9.97 Å². The molecule has 0 unspecified atom stereocenters. The SMILES string of the molecule is CCN(CC)c1ccc(Nc2cnc(C#N)cn2)cc1. The molecule has 0 radical (unpaired) electrons. The highest BCUT2D eigenvalue weighted by atomic mass is 15.1. The van der Waals surface area contributed by atoms with Crippen LogP contribution in [0.2, 0.25) is 0 Å². The van der Waals surface area contributed by atoms with E-state index in [4.69, 9.17) is 5.26 Å². The minimum atomic E-state index is 0.312. The second-order valence-electron chi connectivity index (χ2n) is 4.24. The predicted octanol–water partition coefficient (Wildman–Crippen LogP) is 2.94. The van der Waals surface area contributed by atoms with Crippen molar-refractivity contribution in [3.8, 4) is 6.07 Å². The number of hydrogen-bond donors (Lipinski definition) is 1. The number of nitrogens with zero attached hydrogens (tertiary/aromatic N) is 4. The van der Waals surface area contributed by atoms with Crippen LogP contribution in [0, 0.1) is 11.3 Å². The average molecular weight is 267 g/mol. The average Bonchev–Trinajstić information content (AvgIpc) is 2.51. The zero-order valence-corrected chi connectivity index (χ0v) is 11.7. The third-order valence-electron chi connectivity index (χ3n) is 3.03. The van der Waals surface area contributed by atoms with Crippen LogP contribution in [-0.2, 0) is 0 Å². The molecule has 2 rings (SSSR count). The number of aromatic nitrogens is 2. The van der Waals surface area contributed by atoms with Crippen LogP contribution in [0.4, 0.5) is 17.2 Å². The zero-order chi connectivity index (χ0) is 14.4. The summed E-state index contributed by atoms with van der Waals surface area (Å²) in [5, 5.41) is 11.8. The summed E-state index contributed by atoms with van der Waals surface area (Å²) in [4.78, 5) is 10.4. The molecule has 0 saturated heterocycles. The minimum absolute atomic E-state index is 0.312. The third-order valence-corrected chi connectivity index (χ3v) is 3.03. The molecule has 0 aliphatic carbocycles. The quantitative estimate of drug-likeness (QED) is 0.902. The molecular formula is C15H17N5. The lowest BCUT2D eigenvalue weighted by Crippen LogP contribution is -2.21. The van der Waals surface area contributed by atoms with E-state index in [1.807, 2.05) is 18.2 Å². The molecule has 1 N–H and O–H groups in total. The van der Waals surface area contributed by atoms with Gasteiger partial charge in [0.05, 0.1) is 12.4 Å². The fourth-order valence-corrected chi connectivity index (χ4v) is 1.94. The summed E-state index contributed by atoms with van der Waals surface area (Å²) < 4.78 is 0. The molecule has 0 aliphatic rings. The first-order chi connectivity index (χ1) is 9.76. The normalized spacial score (nSPS) is 9.85. The monoisotopic (exact) mass is 267 g/mol. The summed E-state index contributed by atoms with van der Waals surface area (Å²) in [6.07, 6.45) is 3.00. The van der Waals surface area contributed by atoms with Gasteiger partial charge in [-0.3, -0.25) is 0 Å². The van der Waals surface area contributed by atoms with E-state index in [1.165, 1.54) is 11.9 Å². The first-order valence-corrected chi connectivity index (χ1v) is 6.61.